The van der Waals surface area contributed by atoms with E-state index in [0.717, 1.165) is 7.11 Å². The van der Waals surface area contributed by atoms with E-state index in [4.69, 9.17) is 19.3 Å². The van der Waals surface area contributed by atoms with Crippen LogP contribution in [-0.2, 0) is 19.5 Å². The molecular weight excluding hydrogens is 386 g/mol. The second-order valence-corrected chi connectivity index (χ2v) is 9.70. The third-order valence-corrected chi connectivity index (χ3v) is 4.67. The maximum atomic E-state index is 12.5. The zero-order chi connectivity index (χ0) is 20.5. The molecule has 26 heavy (non-hydrogen) atoms. The Hall–Kier alpha value is -1.92. The molecule has 0 aliphatic heterocycles. The number of primary sulfonamides is 1. The Morgan fingerprint density at radius 3 is 1.77 bits per heavy atom. The fourth-order valence-corrected chi connectivity index (χ4v) is 3.17. The smallest absolute Gasteiger partial charge is 0.425 e. The van der Waals surface area contributed by atoms with Gasteiger partial charge in [-0.15, -0.1) is 0 Å². The Balaban J connectivity index is 3.49. The Morgan fingerprint density at radius 2 is 1.46 bits per heavy atom. The van der Waals surface area contributed by atoms with Crippen LogP contribution >= 0.6 is 11.5 Å². The topological polar surface area (TPSA) is 138 Å². The fourth-order valence-electron chi connectivity index (χ4n) is 1.62. The highest BCUT2D eigenvalue weighted by atomic mass is 32.2. The van der Waals surface area contributed by atoms with Gasteiger partial charge in [0.1, 0.15) is 11.2 Å². The highest BCUT2D eigenvalue weighted by Crippen LogP contribution is 2.38. The second kappa shape index (κ2) is 7.37. The molecule has 1 aromatic heterocycles. The number of nitrogens with zero attached hydrogens (tertiary/aromatic N) is 2. The third-order valence-electron chi connectivity index (χ3n) is 2.43. The van der Waals surface area contributed by atoms with Crippen LogP contribution in [-0.4, -0.2) is 43.3 Å². The minimum absolute atomic E-state index is 0.353. The number of hydrogen-bond donors (Lipinski definition) is 1. The number of nitrogens with two attached hydrogens (primary N) is 1. The van der Waals surface area contributed by atoms with Crippen LogP contribution in [0.1, 0.15) is 41.5 Å². The molecule has 0 saturated heterocycles. The Kier molecular flexibility index (Phi) is 6.27. The molecule has 0 unspecified atom stereocenters. The lowest BCUT2D eigenvalue weighted by Crippen LogP contribution is -2.44. The fraction of sp³-hybridized carbons (Fsp3) is 0.643. The molecule has 12 heteroatoms. The molecular formula is C14H23N3O7S2. The van der Waals surface area contributed by atoms with Crippen molar-refractivity contribution in [3.8, 4) is 5.75 Å². The summed E-state index contributed by atoms with van der Waals surface area (Å²) in [6.07, 6.45) is -2.20. The van der Waals surface area contributed by atoms with Crippen molar-refractivity contribution in [2.24, 2.45) is 5.14 Å². The first-order valence-electron chi connectivity index (χ1n) is 7.39. The van der Waals surface area contributed by atoms with E-state index in [-0.39, 0.29) is 11.6 Å². The Bertz CT molecular complexity index is 760. The number of amides is 2. The minimum atomic E-state index is -4.18. The lowest BCUT2D eigenvalue weighted by atomic mass is 10.2. The largest absolute Gasteiger partial charge is 0.491 e. The van der Waals surface area contributed by atoms with E-state index in [0.29, 0.717) is 16.4 Å². The number of carbonyl (C=O) groups is 2. The van der Waals surface area contributed by atoms with Crippen molar-refractivity contribution in [3.63, 3.8) is 0 Å². The van der Waals surface area contributed by atoms with Gasteiger partial charge >= 0.3 is 12.2 Å². The van der Waals surface area contributed by atoms with Crippen LogP contribution in [0, 0.1) is 0 Å². The maximum Gasteiger partial charge on any atom is 0.425 e. The number of hydrogen-bond acceptors (Lipinski definition) is 9. The van der Waals surface area contributed by atoms with Crippen LogP contribution in [0.15, 0.2) is 4.21 Å². The van der Waals surface area contributed by atoms with Crippen molar-refractivity contribution in [2.75, 3.05) is 12.0 Å². The van der Waals surface area contributed by atoms with Gasteiger partial charge in [0.05, 0.1) is 7.11 Å². The number of methoxy groups -OCH3 is 1. The van der Waals surface area contributed by atoms with E-state index in [1.54, 1.807) is 41.5 Å². The summed E-state index contributed by atoms with van der Waals surface area (Å²) >= 11 is 0.462. The summed E-state index contributed by atoms with van der Waals surface area (Å²) in [6, 6.07) is 0. The van der Waals surface area contributed by atoms with E-state index in [9.17, 15) is 18.0 Å². The van der Waals surface area contributed by atoms with E-state index < -0.39 is 37.6 Å². The molecule has 1 aromatic rings. The number of aromatic nitrogens is 1. The first-order chi connectivity index (χ1) is 11.6. The van der Waals surface area contributed by atoms with Gasteiger partial charge in [-0.2, -0.15) is 9.27 Å². The molecule has 0 aromatic carbocycles. The highest BCUT2D eigenvalue weighted by Gasteiger charge is 2.38. The SMILES string of the molecule is COc1c(N(C(=O)OC(C)(C)C)C(=O)OC(C)(C)C)nsc1S(N)(=O)=O. The van der Waals surface area contributed by atoms with Gasteiger partial charge in [0.15, 0.2) is 9.96 Å². The lowest BCUT2D eigenvalue weighted by Gasteiger charge is -2.27. The van der Waals surface area contributed by atoms with Gasteiger partial charge in [-0.05, 0) is 53.1 Å². The molecule has 0 spiro atoms. The van der Waals surface area contributed by atoms with E-state index >= 15 is 0 Å². The van der Waals surface area contributed by atoms with Crippen molar-refractivity contribution in [1.82, 2.24) is 4.37 Å². The zero-order valence-electron chi connectivity index (χ0n) is 15.6. The number of imide groups is 1. The van der Waals surface area contributed by atoms with E-state index in [1.165, 1.54) is 0 Å². The minimum Gasteiger partial charge on any atom is -0.491 e. The lowest BCUT2D eigenvalue weighted by molar-refractivity contribution is 0.0428. The summed E-state index contributed by atoms with van der Waals surface area (Å²) in [5.41, 5.74) is -1.85. The molecule has 10 nitrogen and oxygen atoms in total. The monoisotopic (exact) mass is 409 g/mol. The van der Waals surface area contributed by atoms with Gasteiger partial charge in [0.25, 0.3) is 10.0 Å². The van der Waals surface area contributed by atoms with Crippen LogP contribution in [0.3, 0.4) is 0 Å². The van der Waals surface area contributed by atoms with Crippen LogP contribution in [0.4, 0.5) is 15.4 Å². The molecule has 2 amide bonds. The first kappa shape index (κ1) is 22.1. The molecule has 148 valence electrons. The molecule has 0 radical (unpaired) electrons. The number of carbonyl (C=O) groups excluding carboxylic acids is 2. The van der Waals surface area contributed by atoms with E-state index in [2.05, 4.69) is 4.37 Å². The Labute approximate surface area is 156 Å². The quantitative estimate of drug-likeness (QED) is 0.803. The van der Waals surface area contributed by atoms with Crippen molar-refractivity contribution in [3.05, 3.63) is 0 Å². The molecule has 0 aliphatic rings. The van der Waals surface area contributed by atoms with Crippen LogP contribution < -0.4 is 14.8 Å². The standard InChI is InChI=1S/C14H23N3O7S2/c1-13(2,3)23-11(18)17(12(19)24-14(4,5)6)9-8(22-7)10(25-16-9)26(15,20)21/h1-7H3,(H2,15,20,21). The average Bonchev–Trinajstić information content (AvgIpc) is 2.77. The Morgan fingerprint density at radius 1 is 1.04 bits per heavy atom. The first-order valence-corrected chi connectivity index (χ1v) is 9.71. The molecule has 0 aliphatic carbocycles. The van der Waals surface area contributed by atoms with Gasteiger partial charge in [0.2, 0.25) is 5.82 Å². The van der Waals surface area contributed by atoms with Crippen LogP contribution in [0.25, 0.3) is 0 Å². The summed E-state index contributed by atoms with van der Waals surface area (Å²) in [5.74, 6) is -0.737. The summed E-state index contributed by atoms with van der Waals surface area (Å²) in [5, 5.41) is 5.11. The van der Waals surface area contributed by atoms with Gasteiger partial charge in [-0.3, -0.25) is 0 Å². The van der Waals surface area contributed by atoms with Crippen molar-refractivity contribution in [2.45, 2.75) is 57.0 Å². The van der Waals surface area contributed by atoms with Crippen LogP contribution in [0.2, 0.25) is 0 Å². The number of anilines is 1. The second-order valence-electron chi connectivity index (χ2n) is 7.17. The highest BCUT2D eigenvalue weighted by molar-refractivity contribution is 7.91. The normalized spacial score (nSPS) is 12.5. The van der Waals surface area contributed by atoms with Crippen LogP contribution in [0.5, 0.6) is 5.75 Å². The van der Waals surface area contributed by atoms with Gasteiger partial charge in [0, 0.05) is 0 Å². The predicted octanol–water partition coefficient (Wildman–Crippen LogP) is 2.48. The van der Waals surface area contributed by atoms with Crippen molar-refractivity contribution in [1.29, 1.82) is 0 Å². The molecule has 2 N–H and O–H groups in total. The predicted molar refractivity (Wildman–Crippen MR) is 95.0 cm³/mol. The average molecular weight is 409 g/mol. The molecule has 0 bridgehead atoms. The van der Waals surface area contributed by atoms with Gasteiger partial charge < -0.3 is 14.2 Å². The maximum absolute atomic E-state index is 12.5. The summed E-state index contributed by atoms with van der Waals surface area (Å²) < 4.78 is 42.1. The van der Waals surface area contributed by atoms with Crippen molar-refractivity contribution >= 4 is 39.6 Å². The third kappa shape index (κ3) is 5.81. The summed E-state index contributed by atoms with van der Waals surface area (Å²) in [7, 11) is -3.02. The van der Waals surface area contributed by atoms with Gasteiger partial charge in [-0.1, -0.05) is 0 Å². The van der Waals surface area contributed by atoms with Gasteiger partial charge in [-0.25, -0.2) is 23.1 Å². The molecule has 0 saturated carbocycles. The number of rotatable bonds is 3. The van der Waals surface area contributed by atoms with E-state index in [1.807, 2.05) is 0 Å². The van der Waals surface area contributed by atoms with Crippen molar-refractivity contribution < 1.29 is 32.2 Å². The molecule has 1 heterocycles. The zero-order valence-corrected chi connectivity index (χ0v) is 17.3. The number of sulfonamides is 1. The summed E-state index contributed by atoms with van der Waals surface area (Å²) in [4.78, 5) is 25.6. The number of ether oxygens (including phenoxy) is 3. The molecule has 1 rings (SSSR count). The summed E-state index contributed by atoms with van der Waals surface area (Å²) in [6.45, 7) is 9.62. The molecule has 0 atom stereocenters. The molecule has 0 fully saturated rings.